The predicted molar refractivity (Wildman–Crippen MR) is 57.5 cm³/mol. The molecule has 0 saturated carbocycles. The summed E-state index contributed by atoms with van der Waals surface area (Å²) in [7, 11) is 0. The molecule has 0 aromatic heterocycles. The number of halogens is 3. The molecule has 0 aliphatic heterocycles. The van der Waals surface area contributed by atoms with Crippen LogP contribution in [0.25, 0.3) is 0 Å². The maximum Gasteiger partial charge on any atom is 0.133 e. The van der Waals surface area contributed by atoms with Crippen molar-refractivity contribution in [3.63, 3.8) is 0 Å². The fraction of sp³-hybridized carbons (Fsp3) is 0.455. The van der Waals surface area contributed by atoms with E-state index in [-0.39, 0.29) is 18.3 Å². The smallest absolute Gasteiger partial charge is 0.133 e. The molecule has 0 amide bonds. The van der Waals surface area contributed by atoms with Crippen LogP contribution < -0.4 is 11.3 Å². The van der Waals surface area contributed by atoms with Crippen LogP contribution in [0.5, 0.6) is 0 Å². The van der Waals surface area contributed by atoms with Crippen LogP contribution in [-0.4, -0.2) is 12.7 Å². The Bertz CT molecular complexity index is 362. The molecule has 0 aliphatic rings. The topological polar surface area (TPSA) is 47.3 Å². The highest BCUT2D eigenvalue weighted by molar-refractivity contribution is 5.24. The number of nitrogens with one attached hydrogen (secondary N) is 1. The third kappa shape index (κ3) is 3.69. The Morgan fingerprint density at radius 2 is 1.76 bits per heavy atom. The van der Waals surface area contributed by atoms with Gasteiger partial charge in [0.2, 0.25) is 0 Å². The first-order chi connectivity index (χ1) is 7.95. The molecule has 3 N–H and O–H groups in total. The standard InChI is InChI=1S/C11H15F3N2O/c1-6(2)17-5-10(16-15)11-8(13)3-7(12)4-9(11)14/h3-4,6,10,16H,5,15H2,1-2H3. The Morgan fingerprint density at radius 1 is 1.24 bits per heavy atom. The largest absolute Gasteiger partial charge is 0.377 e. The van der Waals surface area contributed by atoms with Gasteiger partial charge in [-0.3, -0.25) is 11.3 Å². The minimum atomic E-state index is -0.988. The van der Waals surface area contributed by atoms with Gasteiger partial charge in [-0.1, -0.05) is 0 Å². The van der Waals surface area contributed by atoms with Crippen molar-refractivity contribution in [2.75, 3.05) is 6.61 Å². The molecule has 0 radical (unpaired) electrons. The van der Waals surface area contributed by atoms with Crippen molar-refractivity contribution in [3.05, 3.63) is 35.1 Å². The van der Waals surface area contributed by atoms with E-state index in [9.17, 15) is 13.2 Å². The van der Waals surface area contributed by atoms with E-state index in [1.807, 2.05) is 0 Å². The van der Waals surface area contributed by atoms with Gasteiger partial charge in [-0.25, -0.2) is 13.2 Å². The lowest BCUT2D eigenvalue weighted by atomic mass is 10.1. The molecule has 6 heteroatoms. The molecular weight excluding hydrogens is 233 g/mol. The van der Waals surface area contributed by atoms with Gasteiger partial charge in [0.05, 0.1) is 18.8 Å². The van der Waals surface area contributed by atoms with Crippen molar-refractivity contribution < 1.29 is 17.9 Å². The van der Waals surface area contributed by atoms with Crippen LogP contribution in [0, 0.1) is 17.5 Å². The lowest BCUT2D eigenvalue weighted by Gasteiger charge is -2.19. The molecule has 0 heterocycles. The highest BCUT2D eigenvalue weighted by Crippen LogP contribution is 2.22. The average Bonchev–Trinajstić information content (AvgIpc) is 2.21. The van der Waals surface area contributed by atoms with Crippen LogP contribution in [0.4, 0.5) is 13.2 Å². The molecule has 3 nitrogen and oxygen atoms in total. The molecule has 0 saturated heterocycles. The Morgan fingerprint density at radius 3 is 2.18 bits per heavy atom. The van der Waals surface area contributed by atoms with Crippen molar-refractivity contribution in [1.29, 1.82) is 0 Å². The van der Waals surface area contributed by atoms with Gasteiger partial charge in [-0.15, -0.1) is 0 Å². The number of hydrazine groups is 1. The molecule has 96 valence electrons. The first kappa shape index (κ1) is 14.0. The van der Waals surface area contributed by atoms with Gasteiger partial charge in [-0.05, 0) is 13.8 Å². The van der Waals surface area contributed by atoms with Crippen molar-refractivity contribution in [3.8, 4) is 0 Å². The minimum Gasteiger partial charge on any atom is -0.377 e. The Labute approximate surface area is 97.7 Å². The summed E-state index contributed by atoms with van der Waals surface area (Å²) in [5.41, 5.74) is 1.92. The molecule has 1 aromatic rings. The van der Waals surface area contributed by atoms with Crippen molar-refractivity contribution in [2.45, 2.75) is 26.0 Å². The van der Waals surface area contributed by atoms with Gasteiger partial charge in [0, 0.05) is 17.7 Å². The zero-order valence-corrected chi connectivity index (χ0v) is 9.64. The van der Waals surface area contributed by atoms with E-state index in [0.29, 0.717) is 12.1 Å². The van der Waals surface area contributed by atoms with Crippen molar-refractivity contribution >= 4 is 0 Å². The van der Waals surface area contributed by atoms with Crippen LogP contribution in [0.1, 0.15) is 25.5 Å². The van der Waals surface area contributed by atoms with Crippen molar-refractivity contribution in [2.24, 2.45) is 5.84 Å². The summed E-state index contributed by atoms with van der Waals surface area (Å²) in [6.45, 7) is 3.56. The van der Waals surface area contributed by atoms with Gasteiger partial charge >= 0.3 is 0 Å². The lowest BCUT2D eigenvalue weighted by molar-refractivity contribution is 0.0596. The number of hydrogen-bond donors (Lipinski definition) is 2. The fourth-order valence-corrected chi connectivity index (χ4v) is 1.39. The first-order valence-electron chi connectivity index (χ1n) is 5.17. The second-order valence-electron chi connectivity index (χ2n) is 3.88. The molecule has 0 fully saturated rings. The highest BCUT2D eigenvalue weighted by Gasteiger charge is 2.21. The van der Waals surface area contributed by atoms with Gasteiger partial charge in [0.1, 0.15) is 17.5 Å². The molecule has 0 bridgehead atoms. The molecular formula is C11H15F3N2O. The molecule has 0 aliphatic carbocycles. The van der Waals surface area contributed by atoms with E-state index in [1.54, 1.807) is 13.8 Å². The van der Waals surface area contributed by atoms with Crippen molar-refractivity contribution in [1.82, 2.24) is 5.43 Å². The van der Waals surface area contributed by atoms with Crippen LogP contribution in [0.15, 0.2) is 12.1 Å². The summed E-state index contributed by atoms with van der Waals surface area (Å²) < 4.78 is 44.8. The van der Waals surface area contributed by atoms with Gasteiger partial charge < -0.3 is 4.74 Å². The number of nitrogens with two attached hydrogens (primary N) is 1. The Hall–Kier alpha value is -1.11. The second kappa shape index (κ2) is 6.00. The third-order valence-corrected chi connectivity index (χ3v) is 2.19. The molecule has 1 unspecified atom stereocenters. The zero-order valence-electron chi connectivity index (χ0n) is 9.64. The number of hydrogen-bond acceptors (Lipinski definition) is 3. The third-order valence-electron chi connectivity index (χ3n) is 2.19. The molecule has 1 aromatic carbocycles. The summed E-state index contributed by atoms with van der Waals surface area (Å²) in [5, 5.41) is 0. The molecule has 1 atom stereocenters. The fourth-order valence-electron chi connectivity index (χ4n) is 1.39. The normalized spacial score (nSPS) is 13.1. The van der Waals surface area contributed by atoms with Crippen LogP contribution in [0.3, 0.4) is 0 Å². The lowest BCUT2D eigenvalue weighted by Crippen LogP contribution is -2.33. The van der Waals surface area contributed by atoms with E-state index < -0.39 is 23.5 Å². The van der Waals surface area contributed by atoms with E-state index in [0.717, 1.165) is 0 Å². The first-order valence-corrected chi connectivity index (χ1v) is 5.17. The van der Waals surface area contributed by atoms with E-state index in [2.05, 4.69) is 5.43 Å². The van der Waals surface area contributed by atoms with Crippen LogP contribution in [0.2, 0.25) is 0 Å². The zero-order chi connectivity index (χ0) is 13.0. The van der Waals surface area contributed by atoms with Gasteiger partial charge in [0.25, 0.3) is 0 Å². The second-order valence-corrected chi connectivity index (χ2v) is 3.88. The monoisotopic (exact) mass is 248 g/mol. The molecule has 1 rings (SSSR count). The number of rotatable bonds is 5. The summed E-state index contributed by atoms with van der Waals surface area (Å²) in [5.74, 6) is 2.27. The molecule has 17 heavy (non-hydrogen) atoms. The SMILES string of the molecule is CC(C)OCC(NN)c1c(F)cc(F)cc1F. The Kier molecular flexibility index (Phi) is 4.92. The quantitative estimate of drug-likeness (QED) is 0.619. The maximum absolute atomic E-state index is 13.4. The Balaban J connectivity index is 2.95. The minimum absolute atomic E-state index is 0.00631. The maximum atomic E-state index is 13.4. The van der Waals surface area contributed by atoms with Crippen LogP contribution >= 0.6 is 0 Å². The van der Waals surface area contributed by atoms with Crippen LogP contribution in [-0.2, 0) is 4.74 Å². The average molecular weight is 248 g/mol. The van der Waals surface area contributed by atoms with E-state index >= 15 is 0 Å². The van der Waals surface area contributed by atoms with Gasteiger partial charge in [0.15, 0.2) is 0 Å². The summed E-state index contributed by atoms with van der Waals surface area (Å²) >= 11 is 0. The summed E-state index contributed by atoms with van der Waals surface area (Å²) in [6.07, 6.45) is -0.0996. The highest BCUT2D eigenvalue weighted by atomic mass is 19.1. The number of ether oxygens (including phenoxy) is 1. The van der Waals surface area contributed by atoms with E-state index in [1.165, 1.54) is 0 Å². The summed E-state index contributed by atoms with van der Waals surface area (Å²) in [6, 6.07) is 0.356. The summed E-state index contributed by atoms with van der Waals surface area (Å²) in [4.78, 5) is 0. The van der Waals surface area contributed by atoms with Gasteiger partial charge in [-0.2, -0.15) is 0 Å². The predicted octanol–water partition coefficient (Wildman–Crippen LogP) is 2.03. The van der Waals surface area contributed by atoms with E-state index in [4.69, 9.17) is 10.6 Å². The molecule has 0 spiro atoms. The number of benzene rings is 1.